The fourth-order valence-corrected chi connectivity index (χ4v) is 12.0. The lowest BCUT2D eigenvalue weighted by molar-refractivity contribution is -0.209. The molecule has 12 heteroatoms. The minimum Gasteiger partial charge on any atom is -0.462 e. The highest BCUT2D eigenvalue weighted by molar-refractivity contribution is 5.73. The molecule has 0 aromatic heterocycles. The van der Waals surface area contributed by atoms with Gasteiger partial charge in [-0.2, -0.15) is 0 Å². The number of carbonyl (C=O) groups is 6. The minimum absolute atomic E-state index is 0.0414. The zero-order valence-corrected chi connectivity index (χ0v) is 60.0. The highest BCUT2D eigenvalue weighted by Crippen LogP contribution is 2.26. The van der Waals surface area contributed by atoms with Crippen molar-refractivity contribution in [1.82, 2.24) is 0 Å². The molecule has 0 N–H and O–H groups in total. The molecular formula is C78H146O12. The average Bonchev–Trinajstić information content (AvgIpc) is 3.69. The molecule has 0 aliphatic rings. The maximum absolute atomic E-state index is 14.5. The summed E-state index contributed by atoms with van der Waals surface area (Å²) >= 11 is 0. The number of hydrogen-bond donors (Lipinski definition) is 0. The smallest absolute Gasteiger partial charge is 0.306 e. The van der Waals surface area contributed by atoms with Crippen LogP contribution in [0.4, 0.5) is 0 Å². The zero-order chi connectivity index (χ0) is 65.9. The van der Waals surface area contributed by atoms with Crippen molar-refractivity contribution in [2.24, 2.45) is 0 Å². The van der Waals surface area contributed by atoms with Gasteiger partial charge >= 0.3 is 35.8 Å². The first-order valence-corrected chi connectivity index (χ1v) is 39.2. The van der Waals surface area contributed by atoms with Crippen molar-refractivity contribution in [2.75, 3.05) is 13.2 Å². The maximum Gasteiger partial charge on any atom is 0.306 e. The Balaban J connectivity index is 7.38. The predicted molar refractivity (Wildman–Crippen MR) is 373 cm³/mol. The molecule has 0 saturated carbocycles. The van der Waals surface area contributed by atoms with Gasteiger partial charge in [-0.15, -0.1) is 0 Å². The van der Waals surface area contributed by atoms with Gasteiger partial charge in [-0.25, -0.2) is 0 Å². The second-order valence-electron chi connectivity index (χ2n) is 26.8. The Morgan fingerprint density at radius 1 is 0.189 bits per heavy atom. The molecule has 0 heterocycles. The lowest BCUT2D eigenvalue weighted by Gasteiger charge is -2.36. The van der Waals surface area contributed by atoms with E-state index in [2.05, 4.69) is 41.5 Å². The number of hydrogen-bond acceptors (Lipinski definition) is 12. The Morgan fingerprint density at radius 3 is 0.511 bits per heavy atom. The van der Waals surface area contributed by atoms with Gasteiger partial charge in [-0.05, 0) is 38.5 Å². The van der Waals surface area contributed by atoms with Crippen molar-refractivity contribution < 1.29 is 57.2 Å². The van der Waals surface area contributed by atoms with Crippen molar-refractivity contribution >= 4 is 35.8 Å². The molecule has 0 spiro atoms. The van der Waals surface area contributed by atoms with Crippen molar-refractivity contribution in [3.05, 3.63) is 0 Å². The summed E-state index contributed by atoms with van der Waals surface area (Å²) in [6, 6.07) is 0. The van der Waals surface area contributed by atoms with E-state index in [1.807, 2.05) is 0 Å². The van der Waals surface area contributed by atoms with Gasteiger partial charge in [-0.1, -0.05) is 350 Å². The van der Waals surface area contributed by atoms with Crippen LogP contribution in [-0.4, -0.2) is 73.4 Å². The van der Waals surface area contributed by atoms with Crippen molar-refractivity contribution in [3.8, 4) is 0 Å². The van der Waals surface area contributed by atoms with Crippen LogP contribution in [0.3, 0.4) is 0 Å². The Bertz CT molecular complexity index is 1500. The van der Waals surface area contributed by atoms with E-state index in [0.29, 0.717) is 38.5 Å². The second-order valence-corrected chi connectivity index (χ2v) is 26.8. The zero-order valence-electron chi connectivity index (χ0n) is 60.0. The highest BCUT2D eigenvalue weighted by atomic mass is 16.6. The standard InChI is InChI=1S/C78H146O12/c1-7-13-19-25-31-37-43-49-55-61-71(79)85-67-69(87-73(81)63-57-51-45-39-33-27-21-15-9-3)77(89-75(83)65-59-53-47-41-35-29-23-17-11-5)78(90-76(84)66-60-54-48-42-36-30-24-18-12-6)70(88-74(82)64-58-52-46-40-34-28-22-16-10-4)68-86-72(80)62-56-50-44-38-32-26-20-14-8-2/h69-70,77-78H,7-68H2,1-6H3/t69-,70+,77-,78-/m1/s1. The molecule has 0 unspecified atom stereocenters. The summed E-state index contributed by atoms with van der Waals surface area (Å²) in [6.45, 7) is 12.3. The number of ether oxygens (including phenoxy) is 6. The summed E-state index contributed by atoms with van der Waals surface area (Å²) < 4.78 is 37.7. The topological polar surface area (TPSA) is 158 Å². The van der Waals surface area contributed by atoms with Crippen LogP contribution in [0.15, 0.2) is 0 Å². The fraction of sp³-hybridized carbons (Fsp3) is 0.923. The predicted octanol–water partition coefficient (Wildman–Crippen LogP) is 23.2. The van der Waals surface area contributed by atoms with E-state index in [4.69, 9.17) is 28.4 Å². The molecule has 530 valence electrons. The average molecular weight is 1280 g/mol. The van der Waals surface area contributed by atoms with Crippen LogP contribution in [0.2, 0.25) is 0 Å². The third kappa shape index (κ3) is 58.6. The van der Waals surface area contributed by atoms with Gasteiger partial charge in [-0.3, -0.25) is 28.8 Å². The lowest BCUT2D eigenvalue weighted by atomic mass is 10.0. The first-order chi connectivity index (χ1) is 44.1. The van der Waals surface area contributed by atoms with E-state index >= 15 is 0 Å². The summed E-state index contributed by atoms with van der Waals surface area (Å²) in [5, 5.41) is 0. The summed E-state index contributed by atoms with van der Waals surface area (Å²) in [7, 11) is 0. The van der Waals surface area contributed by atoms with Crippen LogP contribution in [0.5, 0.6) is 0 Å². The van der Waals surface area contributed by atoms with Gasteiger partial charge in [0.25, 0.3) is 0 Å². The van der Waals surface area contributed by atoms with Crippen LogP contribution in [0.1, 0.15) is 427 Å². The SMILES string of the molecule is CCCCCCCCCCCC(=O)OC[C@H](OC(=O)CCCCCCCCCCC)[C@@H](OC(=O)CCCCCCCCCCC)[C@H](OC(=O)CCCCCCCCCCC)[C@@H](COC(=O)CCCCCCCCCCC)OC(=O)CCCCCCCCCCC. The maximum atomic E-state index is 14.5. The van der Waals surface area contributed by atoms with Crippen LogP contribution < -0.4 is 0 Å². The molecule has 0 amide bonds. The third-order valence-corrected chi connectivity index (χ3v) is 17.9. The van der Waals surface area contributed by atoms with E-state index in [0.717, 1.165) is 141 Å². The Hall–Kier alpha value is -3.18. The molecule has 0 aromatic rings. The lowest BCUT2D eigenvalue weighted by Crippen LogP contribution is -2.54. The number of rotatable bonds is 71. The molecule has 0 aromatic carbocycles. The molecule has 12 nitrogen and oxygen atoms in total. The molecule has 90 heavy (non-hydrogen) atoms. The number of unbranched alkanes of at least 4 members (excludes halogenated alkanes) is 48. The summed E-state index contributed by atoms with van der Waals surface area (Å²) in [5.41, 5.74) is 0. The molecule has 0 fully saturated rings. The highest BCUT2D eigenvalue weighted by Gasteiger charge is 2.45. The van der Waals surface area contributed by atoms with Crippen LogP contribution in [0.25, 0.3) is 0 Å². The molecular weight excluding hydrogens is 1130 g/mol. The number of esters is 6. The number of carbonyl (C=O) groups excluding carboxylic acids is 6. The van der Waals surface area contributed by atoms with Crippen molar-refractivity contribution in [3.63, 3.8) is 0 Å². The van der Waals surface area contributed by atoms with Crippen molar-refractivity contribution in [2.45, 2.75) is 451 Å². The van der Waals surface area contributed by atoms with Gasteiger partial charge < -0.3 is 28.4 Å². The van der Waals surface area contributed by atoms with E-state index in [1.54, 1.807) is 0 Å². The second kappa shape index (κ2) is 68.7. The molecule has 0 bridgehead atoms. The van der Waals surface area contributed by atoms with E-state index in [1.165, 1.54) is 167 Å². The third-order valence-electron chi connectivity index (χ3n) is 17.9. The molecule has 0 aliphatic heterocycles. The van der Waals surface area contributed by atoms with Gasteiger partial charge in [0.2, 0.25) is 0 Å². The summed E-state index contributed by atoms with van der Waals surface area (Å²) in [4.78, 5) is 84.9. The van der Waals surface area contributed by atoms with E-state index in [-0.39, 0.29) is 38.5 Å². The van der Waals surface area contributed by atoms with Crippen LogP contribution >= 0.6 is 0 Å². The Labute approximate surface area is 554 Å². The Kier molecular flexibility index (Phi) is 66.2. The quantitative estimate of drug-likeness (QED) is 0.0323. The summed E-state index contributed by atoms with van der Waals surface area (Å²) in [5.74, 6) is -3.30. The normalized spacial score (nSPS) is 12.7. The Morgan fingerprint density at radius 2 is 0.333 bits per heavy atom. The van der Waals surface area contributed by atoms with Gasteiger partial charge in [0, 0.05) is 38.5 Å². The molecule has 4 atom stereocenters. The van der Waals surface area contributed by atoms with Crippen LogP contribution in [-0.2, 0) is 57.2 Å². The molecule has 0 saturated heterocycles. The molecule has 0 radical (unpaired) electrons. The first-order valence-electron chi connectivity index (χ1n) is 39.2. The van der Waals surface area contributed by atoms with Crippen molar-refractivity contribution in [1.29, 1.82) is 0 Å². The van der Waals surface area contributed by atoms with Gasteiger partial charge in [0.05, 0.1) is 0 Å². The largest absolute Gasteiger partial charge is 0.462 e. The van der Waals surface area contributed by atoms with Gasteiger partial charge in [0.15, 0.2) is 24.4 Å². The van der Waals surface area contributed by atoms with Gasteiger partial charge in [0.1, 0.15) is 13.2 Å². The minimum atomic E-state index is -1.59. The molecule has 0 aliphatic carbocycles. The summed E-state index contributed by atoms with van der Waals surface area (Å²) in [6.07, 6.45) is 51.7. The van der Waals surface area contributed by atoms with Crippen LogP contribution in [0, 0.1) is 0 Å². The van der Waals surface area contributed by atoms with E-state index in [9.17, 15) is 28.8 Å². The van der Waals surface area contributed by atoms with E-state index < -0.39 is 73.4 Å². The first kappa shape index (κ1) is 86.8. The fourth-order valence-electron chi connectivity index (χ4n) is 12.0. The molecule has 0 rings (SSSR count). The monoisotopic (exact) mass is 1280 g/mol.